The van der Waals surface area contributed by atoms with Crippen LogP contribution in [-0.2, 0) is 11.3 Å². The number of anilines is 1. The van der Waals surface area contributed by atoms with E-state index in [-0.39, 0.29) is 0 Å². The number of ether oxygens (including phenoxy) is 1. The van der Waals surface area contributed by atoms with Gasteiger partial charge >= 0.3 is 0 Å². The Hall–Kier alpha value is -1.65. The number of rotatable bonds is 7. The number of fused-ring (bicyclic) bond motifs is 1. The van der Waals surface area contributed by atoms with Gasteiger partial charge in [0, 0.05) is 44.4 Å². The Bertz CT molecular complexity index is 583. The van der Waals surface area contributed by atoms with Crippen molar-refractivity contribution in [2.24, 2.45) is 0 Å². The molecule has 1 aromatic carbocycles. The highest BCUT2D eigenvalue weighted by atomic mass is 16.5. The fourth-order valence-corrected chi connectivity index (χ4v) is 2.27. The second kappa shape index (κ2) is 7.38. The van der Waals surface area contributed by atoms with Crippen LogP contribution in [0.25, 0.3) is 10.9 Å². The predicted octanol–water partition coefficient (Wildman–Crippen LogP) is 2.82. The molecule has 21 heavy (non-hydrogen) atoms. The lowest BCUT2D eigenvalue weighted by molar-refractivity contribution is 0.206. The Balaban J connectivity index is 2.35. The largest absolute Gasteiger partial charge is 0.383 e. The van der Waals surface area contributed by atoms with E-state index in [1.165, 1.54) is 11.1 Å². The van der Waals surface area contributed by atoms with Gasteiger partial charge in [0.2, 0.25) is 0 Å². The predicted molar refractivity (Wildman–Crippen MR) is 88.9 cm³/mol. The summed E-state index contributed by atoms with van der Waals surface area (Å²) in [5.41, 5.74) is 3.32. The highest BCUT2D eigenvalue weighted by Gasteiger charge is 2.09. The van der Waals surface area contributed by atoms with Gasteiger partial charge in [-0.05, 0) is 12.1 Å². The molecule has 0 aliphatic rings. The van der Waals surface area contributed by atoms with Gasteiger partial charge in [-0.1, -0.05) is 32.0 Å². The first kappa shape index (κ1) is 15.7. The van der Waals surface area contributed by atoms with Gasteiger partial charge < -0.3 is 15.0 Å². The molecule has 0 aliphatic carbocycles. The second-order valence-electron chi connectivity index (χ2n) is 5.60. The molecule has 0 amide bonds. The number of methoxy groups -OCH3 is 1. The Morgan fingerprint density at radius 1 is 1.29 bits per heavy atom. The topological polar surface area (TPSA) is 37.4 Å². The van der Waals surface area contributed by atoms with Crippen LogP contribution in [0.15, 0.2) is 30.3 Å². The zero-order chi connectivity index (χ0) is 15.2. The zero-order valence-electron chi connectivity index (χ0n) is 13.4. The summed E-state index contributed by atoms with van der Waals surface area (Å²) in [7, 11) is 3.83. The summed E-state index contributed by atoms with van der Waals surface area (Å²) in [6.07, 6.45) is 0. The molecule has 1 heterocycles. The molecular formula is C17H25N3O. The molecule has 2 aromatic rings. The van der Waals surface area contributed by atoms with Crippen molar-refractivity contribution in [3.63, 3.8) is 0 Å². The minimum Gasteiger partial charge on any atom is -0.383 e. The maximum Gasteiger partial charge on any atom is 0.0726 e. The number of hydrogen-bond donors (Lipinski definition) is 1. The first-order valence-electron chi connectivity index (χ1n) is 7.44. The third-order valence-corrected chi connectivity index (χ3v) is 3.48. The summed E-state index contributed by atoms with van der Waals surface area (Å²) >= 11 is 0. The fraction of sp³-hybridized carbons (Fsp3) is 0.471. The number of pyridine rings is 1. The summed E-state index contributed by atoms with van der Waals surface area (Å²) in [5.74, 6) is 0. The van der Waals surface area contributed by atoms with Crippen molar-refractivity contribution < 1.29 is 4.74 Å². The minimum absolute atomic E-state index is 0.452. The van der Waals surface area contributed by atoms with E-state index in [0.717, 1.165) is 24.3 Å². The standard InChI is InChI=1S/C17H25N3O/c1-13(2)18-12-14-11-17(20(3)9-10-21-4)15-7-5-6-8-16(15)19-14/h5-8,11,13,18H,9-10,12H2,1-4H3. The van der Waals surface area contributed by atoms with Gasteiger partial charge in [-0.25, -0.2) is 0 Å². The monoisotopic (exact) mass is 287 g/mol. The van der Waals surface area contributed by atoms with E-state index >= 15 is 0 Å². The molecule has 0 bridgehead atoms. The van der Waals surface area contributed by atoms with Crippen LogP contribution in [-0.4, -0.2) is 38.3 Å². The molecule has 0 saturated carbocycles. The molecule has 4 heteroatoms. The third-order valence-electron chi connectivity index (χ3n) is 3.48. The van der Waals surface area contributed by atoms with Crippen LogP contribution in [0.3, 0.4) is 0 Å². The van der Waals surface area contributed by atoms with Crippen molar-refractivity contribution in [1.82, 2.24) is 10.3 Å². The molecule has 0 fully saturated rings. The molecule has 0 atom stereocenters. The quantitative estimate of drug-likeness (QED) is 0.849. The first-order valence-corrected chi connectivity index (χ1v) is 7.44. The van der Waals surface area contributed by atoms with Crippen molar-refractivity contribution in [1.29, 1.82) is 0 Å². The van der Waals surface area contributed by atoms with Crippen molar-refractivity contribution >= 4 is 16.6 Å². The summed E-state index contributed by atoms with van der Waals surface area (Å²) in [6.45, 7) is 6.65. The van der Waals surface area contributed by atoms with Crippen LogP contribution in [0.2, 0.25) is 0 Å². The average Bonchev–Trinajstić information content (AvgIpc) is 2.49. The molecule has 0 unspecified atom stereocenters. The van der Waals surface area contributed by atoms with Gasteiger partial charge in [-0.2, -0.15) is 0 Å². The smallest absolute Gasteiger partial charge is 0.0726 e. The van der Waals surface area contributed by atoms with E-state index in [2.05, 4.69) is 55.4 Å². The lowest BCUT2D eigenvalue weighted by Crippen LogP contribution is -2.24. The van der Waals surface area contributed by atoms with Crippen LogP contribution in [0, 0.1) is 0 Å². The van der Waals surface area contributed by atoms with E-state index in [0.29, 0.717) is 12.6 Å². The maximum atomic E-state index is 5.19. The SMILES string of the molecule is COCCN(C)c1cc(CNC(C)C)nc2ccccc12. The number of benzene rings is 1. The van der Waals surface area contributed by atoms with Gasteiger partial charge in [0.15, 0.2) is 0 Å². The Morgan fingerprint density at radius 2 is 2.05 bits per heavy atom. The zero-order valence-corrected chi connectivity index (χ0v) is 13.4. The molecule has 0 radical (unpaired) electrons. The maximum absolute atomic E-state index is 5.19. The van der Waals surface area contributed by atoms with E-state index in [4.69, 9.17) is 9.72 Å². The van der Waals surface area contributed by atoms with Crippen molar-refractivity contribution in [2.45, 2.75) is 26.4 Å². The summed E-state index contributed by atoms with van der Waals surface area (Å²) < 4.78 is 5.19. The van der Waals surface area contributed by atoms with Crippen LogP contribution in [0.5, 0.6) is 0 Å². The van der Waals surface area contributed by atoms with Crippen molar-refractivity contribution in [3.8, 4) is 0 Å². The highest BCUT2D eigenvalue weighted by Crippen LogP contribution is 2.26. The van der Waals surface area contributed by atoms with Crippen LogP contribution < -0.4 is 10.2 Å². The van der Waals surface area contributed by atoms with Crippen molar-refractivity contribution in [2.75, 3.05) is 32.2 Å². The summed E-state index contributed by atoms with van der Waals surface area (Å²) in [4.78, 5) is 6.98. The lowest BCUT2D eigenvalue weighted by Gasteiger charge is -2.22. The highest BCUT2D eigenvalue weighted by molar-refractivity contribution is 5.91. The van der Waals surface area contributed by atoms with Gasteiger partial charge in [-0.3, -0.25) is 4.98 Å². The third kappa shape index (κ3) is 4.16. The van der Waals surface area contributed by atoms with Crippen molar-refractivity contribution in [3.05, 3.63) is 36.0 Å². The molecule has 4 nitrogen and oxygen atoms in total. The molecule has 114 valence electrons. The fourth-order valence-electron chi connectivity index (χ4n) is 2.27. The molecule has 2 rings (SSSR count). The van der Waals surface area contributed by atoms with Crippen LogP contribution in [0.1, 0.15) is 19.5 Å². The number of aromatic nitrogens is 1. The molecular weight excluding hydrogens is 262 g/mol. The Morgan fingerprint density at radius 3 is 2.76 bits per heavy atom. The number of nitrogens with one attached hydrogen (secondary N) is 1. The molecule has 0 saturated heterocycles. The Kier molecular flexibility index (Phi) is 5.53. The van der Waals surface area contributed by atoms with Gasteiger partial charge in [0.1, 0.15) is 0 Å². The number of likely N-dealkylation sites (N-methyl/N-ethyl adjacent to an activating group) is 1. The lowest BCUT2D eigenvalue weighted by atomic mass is 10.1. The summed E-state index contributed by atoms with van der Waals surface area (Å²) in [5, 5.41) is 4.61. The number of hydrogen-bond acceptors (Lipinski definition) is 4. The number of para-hydroxylation sites is 1. The molecule has 1 N–H and O–H groups in total. The normalized spacial score (nSPS) is 11.3. The molecule has 0 spiro atoms. The van der Waals surface area contributed by atoms with E-state index in [1.54, 1.807) is 7.11 Å². The van der Waals surface area contributed by atoms with Crippen LogP contribution in [0.4, 0.5) is 5.69 Å². The number of nitrogens with zero attached hydrogens (tertiary/aromatic N) is 2. The van der Waals surface area contributed by atoms with E-state index < -0.39 is 0 Å². The van der Waals surface area contributed by atoms with Gasteiger partial charge in [0.25, 0.3) is 0 Å². The average molecular weight is 287 g/mol. The Labute approximate surface area is 127 Å². The molecule has 0 aliphatic heterocycles. The second-order valence-corrected chi connectivity index (χ2v) is 5.60. The van der Waals surface area contributed by atoms with Gasteiger partial charge in [-0.15, -0.1) is 0 Å². The van der Waals surface area contributed by atoms with E-state index in [9.17, 15) is 0 Å². The molecule has 1 aromatic heterocycles. The van der Waals surface area contributed by atoms with Crippen LogP contribution >= 0.6 is 0 Å². The minimum atomic E-state index is 0.452. The summed E-state index contributed by atoms with van der Waals surface area (Å²) in [6, 6.07) is 10.9. The van der Waals surface area contributed by atoms with Gasteiger partial charge in [0.05, 0.1) is 17.8 Å². The van der Waals surface area contributed by atoms with E-state index in [1.807, 2.05) is 6.07 Å². The first-order chi connectivity index (χ1) is 10.1.